The molecule has 0 heterocycles. The molecule has 1 N–H and O–H groups in total. The second kappa shape index (κ2) is 5.68. The van der Waals surface area contributed by atoms with Crippen molar-refractivity contribution in [2.75, 3.05) is 0 Å². The van der Waals surface area contributed by atoms with E-state index in [4.69, 9.17) is 4.74 Å². The molecule has 1 fully saturated rings. The van der Waals surface area contributed by atoms with E-state index in [-0.39, 0.29) is 24.0 Å². The Bertz CT molecular complexity index is 288. The molecule has 0 unspecified atom stereocenters. The highest BCUT2D eigenvalue weighted by Gasteiger charge is 2.31. The minimum Gasteiger partial charge on any atom is -0.460 e. The summed E-state index contributed by atoms with van der Waals surface area (Å²) in [6.45, 7) is 6.63. The van der Waals surface area contributed by atoms with Crippen LogP contribution in [0.3, 0.4) is 0 Å². The topological polar surface area (TPSA) is 55.4 Å². The fourth-order valence-electron chi connectivity index (χ4n) is 2.16. The van der Waals surface area contributed by atoms with Crippen molar-refractivity contribution in [3.8, 4) is 0 Å². The Labute approximate surface area is 96.0 Å². The summed E-state index contributed by atoms with van der Waals surface area (Å²) in [4.78, 5) is 22.0. The largest absolute Gasteiger partial charge is 0.460 e. The highest BCUT2D eigenvalue weighted by atomic mass is 16.5. The van der Waals surface area contributed by atoms with Gasteiger partial charge in [-0.25, -0.2) is 0 Å². The molecule has 1 aliphatic rings. The highest BCUT2D eigenvalue weighted by molar-refractivity contribution is 5.73. The lowest BCUT2D eigenvalue weighted by atomic mass is 9.83. The van der Waals surface area contributed by atoms with Crippen molar-refractivity contribution in [2.24, 2.45) is 5.92 Å². The van der Waals surface area contributed by atoms with Crippen LogP contribution >= 0.6 is 0 Å². The third kappa shape index (κ3) is 3.68. The Kier molecular flexibility index (Phi) is 4.52. The first-order chi connectivity index (χ1) is 7.52. The number of amides is 1. The molecule has 0 spiro atoms. The van der Waals surface area contributed by atoms with Crippen molar-refractivity contribution in [1.82, 2.24) is 5.32 Å². The van der Waals surface area contributed by atoms with Gasteiger partial charge in [-0.2, -0.15) is 0 Å². The van der Waals surface area contributed by atoms with Crippen LogP contribution in [0, 0.1) is 5.92 Å². The number of nitrogens with one attached hydrogen (secondary N) is 1. The van der Waals surface area contributed by atoms with Crippen LogP contribution < -0.4 is 5.32 Å². The molecule has 0 bridgehead atoms. The van der Waals surface area contributed by atoms with Gasteiger partial charge in [-0.05, 0) is 25.2 Å². The second-order valence-electron chi connectivity index (χ2n) is 4.26. The van der Waals surface area contributed by atoms with Gasteiger partial charge in [0, 0.05) is 13.8 Å². The number of hydrogen-bond donors (Lipinski definition) is 1. The van der Waals surface area contributed by atoms with E-state index in [2.05, 4.69) is 11.9 Å². The number of carbonyl (C=O) groups is 2. The first-order valence-electron chi connectivity index (χ1n) is 5.59. The second-order valence-corrected chi connectivity index (χ2v) is 4.26. The Morgan fingerprint density at radius 3 is 2.56 bits per heavy atom. The smallest absolute Gasteiger partial charge is 0.302 e. The average molecular weight is 225 g/mol. The lowest BCUT2D eigenvalue weighted by Crippen LogP contribution is -2.47. The lowest BCUT2D eigenvalue weighted by molar-refractivity contribution is -0.150. The standard InChI is InChI=1S/C12H19NO3/c1-4-10-5-6-12(16-9(3)15)11(7-10)13-8(2)14/h4,10-12H,1,5-7H2,2-3H3,(H,13,14)/t10-,11+,12-/m1/s1. The fourth-order valence-corrected chi connectivity index (χ4v) is 2.16. The maximum absolute atomic E-state index is 11.1. The maximum Gasteiger partial charge on any atom is 0.302 e. The summed E-state index contributed by atoms with van der Waals surface area (Å²) in [5.41, 5.74) is 0. The molecule has 0 aromatic heterocycles. The molecule has 3 atom stereocenters. The number of ether oxygens (including phenoxy) is 1. The van der Waals surface area contributed by atoms with Crippen LogP contribution in [0.2, 0.25) is 0 Å². The Morgan fingerprint density at radius 1 is 1.38 bits per heavy atom. The molecule has 4 heteroatoms. The molecule has 16 heavy (non-hydrogen) atoms. The van der Waals surface area contributed by atoms with Crippen LogP contribution in [0.4, 0.5) is 0 Å². The molecule has 90 valence electrons. The van der Waals surface area contributed by atoms with Crippen molar-refractivity contribution in [3.05, 3.63) is 12.7 Å². The summed E-state index contributed by atoms with van der Waals surface area (Å²) >= 11 is 0. The molecular weight excluding hydrogens is 206 g/mol. The monoisotopic (exact) mass is 225 g/mol. The number of hydrogen-bond acceptors (Lipinski definition) is 3. The summed E-state index contributed by atoms with van der Waals surface area (Å²) in [5, 5.41) is 2.84. The Hall–Kier alpha value is -1.32. The third-order valence-corrected chi connectivity index (χ3v) is 2.87. The van der Waals surface area contributed by atoms with Crippen LogP contribution in [0.25, 0.3) is 0 Å². The van der Waals surface area contributed by atoms with Gasteiger partial charge in [0.25, 0.3) is 0 Å². The van der Waals surface area contributed by atoms with Crippen LogP contribution in [0.15, 0.2) is 12.7 Å². The summed E-state index contributed by atoms with van der Waals surface area (Å²) in [6.07, 6.45) is 4.23. The number of carbonyl (C=O) groups excluding carboxylic acids is 2. The van der Waals surface area contributed by atoms with Crippen LogP contribution in [-0.2, 0) is 14.3 Å². The first kappa shape index (κ1) is 12.7. The highest BCUT2D eigenvalue weighted by Crippen LogP contribution is 2.27. The molecule has 0 aliphatic heterocycles. The number of esters is 1. The van der Waals surface area contributed by atoms with E-state index in [0.29, 0.717) is 5.92 Å². The lowest BCUT2D eigenvalue weighted by Gasteiger charge is -2.34. The molecule has 4 nitrogen and oxygen atoms in total. The zero-order valence-electron chi connectivity index (χ0n) is 9.86. The van der Waals surface area contributed by atoms with Crippen molar-refractivity contribution in [1.29, 1.82) is 0 Å². The summed E-state index contributed by atoms with van der Waals surface area (Å²) in [7, 11) is 0. The molecule has 1 aliphatic carbocycles. The van der Waals surface area contributed by atoms with Crippen molar-refractivity contribution in [3.63, 3.8) is 0 Å². The van der Waals surface area contributed by atoms with E-state index in [1.165, 1.54) is 13.8 Å². The van der Waals surface area contributed by atoms with Crippen LogP contribution in [0.1, 0.15) is 33.1 Å². The van der Waals surface area contributed by atoms with Gasteiger partial charge in [0.15, 0.2) is 0 Å². The zero-order valence-corrected chi connectivity index (χ0v) is 9.86. The summed E-state index contributed by atoms with van der Waals surface area (Å²) in [5.74, 6) is 0.00734. The van der Waals surface area contributed by atoms with Crippen molar-refractivity contribution >= 4 is 11.9 Å². The van der Waals surface area contributed by atoms with Gasteiger partial charge in [-0.3, -0.25) is 9.59 Å². The molecule has 1 saturated carbocycles. The molecule has 0 saturated heterocycles. The maximum atomic E-state index is 11.1. The average Bonchev–Trinajstić information content (AvgIpc) is 2.19. The van der Waals surface area contributed by atoms with Gasteiger partial charge in [-0.15, -0.1) is 6.58 Å². The zero-order chi connectivity index (χ0) is 12.1. The summed E-state index contributed by atoms with van der Waals surface area (Å²) in [6, 6.07) is -0.0850. The molecule has 0 aromatic rings. The fraction of sp³-hybridized carbons (Fsp3) is 0.667. The van der Waals surface area contributed by atoms with Gasteiger partial charge >= 0.3 is 5.97 Å². The molecule has 0 radical (unpaired) electrons. The quantitative estimate of drug-likeness (QED) is 0.583. The van der Waals surface area contributed by atoms with E-state index in [1.54, 1.807) is 0 Å². The predicted molar refractivity (Wildman–Crippen MR) is 60.7 cm³/mol. The molecule has 0 aromatic carbocycles. The minimum absolute atomic E-state index is 0.0850. The van der Waals surface area contributed by atoms with Gasteiger partial charge in [0.2, 0.25) is 5.91 Å². The molecule has 1 amide bonds. The third-order valence-electron chi connectivity index (χ3n) is 2.87. The van der Waals surface area contributed by atoms with E-state index < -0.39 is 0 Å². The Balaban J connectivity index is 2.62. The SMILES string of the molecule is C=C[C@@H]1CC[C@@H](OC(C)=O)[C@@H](NC(C)=O)C1. The van der Waals surface area contributed by atoms with Gasteiger partial charge < -0.3 is 10.1 Å². The number of allylic oxidation sites excluding steroid dienone is 1. The first-order valence-corrected chi connectivity index (χ1v) is 5.59. The predicted octanol–water partition coefficient (Wildman–Crippen LogP) is 1.41. The Morgan fingerprint density at radius 2 is 2.06 bits per heavy atom. The van der Waals surface area contributed by atoms with E-state index in [1.807, 2.05) is 6.08 Å². The minimum atomic E-state index is -0.294. The van der Waals surface area contributed by atoms with Gasteiger partial charge in [0.1, 0.15) is 6.10 Å². The van der Waals surface area contributed by atoms with Crippen molar-refractivity contribution < 1.29 is 14.3 Å². The van der Waals surface area contributed by atoms with Crippen molar-refractivity contribution in [2.45, 2.75) is 45.3 Å². The molecular formula is C12H19NO3. The van der Waals surface area contributed by atoms with Gasteiger partial charge in [0.05, 0.1) is 6.04 Å². The number of rotatable bonds is 3. The van der Waals surface area contributed by atoms with E-state index in [0.717, 1.165) is 19.3 Å². The van der Waals surface area contributed by atoms with E-state index >= 15 is 0 Å². The summed E-state index contributed by atoms with van der Waals surface area (Å²) < 4.78 is 5.21. The molecule has 1 rings (SSSR count). The van der Waals surface area contributed by atoms with Crippen LogP contribution in [-0.4, -0.2) is 24.0 Å². The van der Waals surface area contributed by atoms with Crippen LogP contribution in [0.5, 0.6) is 0 Å². The van der Waals surface area contributed by atoms with Gasteiger partial charge in [-0.1, -0.05) is 6.08 Å². The van der Waals surface area contributed by atoms with E-state index in [9.17, 15) is 9.59 Å². The normalized spacial score (nSPS) is 29.2.